The third kappa shape index (κ3) is 4.34. The molecule has 0 spiro atoms. The number of nitrogens with zero attached hydrogens (tertiary/aromatic N) is 4. The summed E-state index contributed by atoms with van der Waals surface area (Å²) in [6, 6.07) is 8.77. The lowest BCUT2D eigenvalue weighted by Crippen LogP contribution is -2.48. The standard InChI is InChI=1S/C21H29BrN6O/c1-13(2)18-8-20(26-21(23)25-18)27-6-5-24-19(11-27)16-7-15(3-4-17(16)22)28-9-14(10-28)12-29/h3-4,7-8,13-14,19,24,29H,5-6,9-12H2,1-2H3,(H2,23,25,26)/t19-/m0/s1. The van der Waals surface area contributed by atoms with Crippen molar-refractivity contribution in [3.05, 3.63) is 40.0 Å². The monoisotopic (exact) mass is 460 g/mol. The van der Waals surface area contributed by atoms with Crippen molar-refractivity contribution in [1.82, 2.24) is 15.3 Å². The normalized spacial score (nSPS) is 20.2. The van der Waals surface area contributed by atoms with Gasteiger partial charge < -0.3 is 26.0 Å². The van der Waals surface area contributed by atoms with Gasteiger partial charge in [0, 0.05) is 61.5 Å². The molecule has 1 aromatic carbocycles. The van der Waals surface area contributed by atoms with Crippen LogP contribution in [0.5, 0.6) is 0 Å². The number of aliphatic hydroxyl groups excluding tert-OH is 1. The Balaban J connectivity index is 1.54. The van der Waals surface area contributed by atoms with Crippen molar-refractivity contribution in [3.63, 3.8) is 0 Å². The van der Waals surface area contributed by atoms with Crippen LogP contribution in [0, 0.1) is 5.92 Å². The van der Waals surface area contributed by atoms with Gasteiger partial charge in [-0.15, -0.1) is 0 Å². The third-order valence-corrected chi connectivity index (χ3v) is 6.50. The zero-order chi connectivity index (χ0) is 20.5. The minimum absolute atomic E-state index is 0.187. The summed E-state index contributed by atoms with van der Waals surface area (Å²) in [6.45, 7) is 8.90. The van der Waals surface area contributed by atoms with Crippen LogP contribution in [-0.2, 0) is 0 Å². The number of halogens is 1. The van der Waals surface area contributed by atoms with E-state index >= 15 is 0 Å². The fourth-order valence-electron chi connectivity index (χ4n) is 3.99. The minimum atomic E-state index is 0.187. The van der Waals surface area contributed by atoms with Crippen molar-refractivity contribution in [3.8, 4) is 0 Å². The minimum Gasteiger partial charge on any atom is -0.396 e. The highest BCUT2D eigenvalue weighted by Crippen LogP contribution is 2.33. The number of piperazine rings is 1. The summed E-state index contributed by atoms with van der Waals surface area (Å²) in [5.41, 5.74) is 9.40. The van der Waals surface area contributed by atoms with Crippen molar-refractivity contribution in [2.45, 2.75) is 25.8 Å². The number of nitrogen functional groups attached to an aromatic ring is 1. The molecule has 2 aliphatic heterocycles. The lowest BCUT2D eigenvalue weighted by Gasteiger charge is -2.41. The molecule has 3 heterocycles. The van der Waals surface area contributed by atoms with Gasteiger partial charge in [-0.3, -0.25) is 0 Å². The Morgan fingerprint density at radius 2 is 2.00 bits per heavy atom. The van der Waals surface area contributed by atoms with E-state index in [-0.39, 0.29) is 12.6 Å². The molecule has 1 aromatic heterocycles. The highest BCUT2D eigenvalue weighted by molar-refractivity contribution is 9.10. The van der Waals surface area contributed by atoms with Crippen LogP contribution in [0.25, 0.3) is 0 Å². The highest BCUT2D eigenvalue weighted by atomic mass is 79.9. The Labute approximate surface area is 180 Å². The Bertz CT molecular complexity index is 870. The SMILES string of the molecule is CC(C)c1cc(N2CCN[C@H](c3cc(N4CC(CO)C4)ccc3Br)C2)nc(N)n1. The first-order valence-corrected chi connectivity index (χ1v) is 11.0. The first kappa shape index (κ1) is 20.4. The Kier molecular flexibility index (Phi) is 5.94. The summed E-state index contributed by atoms with van der Waals surface area (Å²) >= 11 is 3.74. The summed E-state index contributed by atoms with van der Waals surface area (Å²) < 4.78 is 1.10. The first-order valence-electron chi connectivity index (χ1n) is 10.2. The lowest BCUT2D eigenvalue weighted by atomic mass is 9.98. The van der Waals surface area contributed by atoms with Crippen LogP contribution in [0.4, 0.5) is 17.5 Å². The van der Waals surface area contributed by atoms with Gasteiger partial charge in [-0.05, 0) is 29.7 Å². The van der Waals surface area contributed by atoms with Crippen molar-refractivity contribution >= 4 is 33.4 Å². The maximum absolute atomic E-state index is 9.29. The van der Waals surface area contributed by atoms with Gasteiger partial charge in [0.25, 0.3) is 0 Å². The Morgan fingerprint density at radius 3 is 2.72 bits per heavy atom. The molecule has 0 radical (unpaired) electrons. The summed E-state index contributed by atoms with van der Waals surface area (Å²) in [5.74, 6) is 1.93. The van der Waals surface area contributed by atoms with Crippen LogP contribution in [-0.4, -0.2) is 54.4 Å². The van der Waals surface area contributed by atoms with Crippen LogP contribution < -0.4 is 20.9 Å². The smallest absolute Gasteiger partial charge is 0.222 e. The largest absolute Gasteiger partial charge is 0.396 e. The zero-order valence-corrected chi connectivity index (χ0v) is 18.6. The van der Waals surface area contributed by atoms with Gasteiger partial charge >= 0.3 is 0 Å². The van der Waals surface area contributed by atoms with Gasteiger partial charge in [0.05, 0.1) is 11.7 Å². The average Bonchev–Trinajstić information content (AvgIpc) is 2.68. The van der Waals surface area contributed by atoms with Crippen LogP contribution in [0.15, 0.2) is 28.7 Å². The maximum Gasteiger partial charge on any atom is 0.222 e. The van der Waals surface area contributed by atoms with Crippen molar-refractivity contribution in [2.24, 2.45) is 5.92 Å². The van der Waals surface area contributed by atoms with Gasteiger partial charge in [-0.25, -0.2) is 4.98 Å². The molecule has 8 heteroatoms. The van der Waals surface area contributed by atoms with Crippen LogP contribution in [0.3, 0.4) is 0 Å². The predicted octanol–water partition coefficient (Wildman–Crippen LogP) is 2.52. The van der Waals surface area contributed by atoms with Crippen LogP contribution in [0.1, 0.15) is 37.1 Å². The van der Waals surface area contributed by atoms with E-state index in [9.17, 15) is 5.11 Å². The molecular weight excluding hydrogens is 432 g/mol. The van der Waals surface area contributed by atoms with E-state index in [4.69, 9.17) is 5.73 Å². The number of aliphatic hydroxyl groups is 1. The van der Waals surface area contributed by atoms with E-state index in [1.165, 1.54) is 11.3 Å². The number of benzene rings is 1. The molecule has 1 atom stereocenters. The van der Waals surface area contributed by atoms with Crippen molar-refractivity contribution in [2.75, 3.05) is 54.9 Å². The molecule has 4 N–H and O–H groups in total. The number of aromatic nitrogens is 2. The molecule has 4 rings (SSSR count). The van der Waals surface area contributed by atoms with Crippen molar-refractivity contribution in [1.29, 1.82) is 0 Å². The molecular formula is C21H29BrN6O. The van der Waals surface area contributed by atoms with Gasteiger partial charge in [0.2, 0.25) is 5.95 Å². The molecule has 2 aliphatic rings. The fourth-order valence-corrected chi connectivity index (χ4v) is 4.51. The second-order valence-electron chi connectivity index (χ2n) is 8.28. The van der Waals surface area contributed by atoms with E-state index in [2.05, 4.69) is 79.1 Å². The van der Waals surface area contributed by atoms with Gasteiger partial charge in [-0.2, -0.15) is 4.98 Å². The number of hydrogen-bond donors (Lipinski definition) is 3. The molecule has 2 aromatic rings. The number of hydrogen-bond acceptors (Lipinski definition) is 7. The molecule has 0 unspecified atom stereocenters. The fraction of sp³-hybridized carbons (Fsp3) is 0.524. The molecule has 7 nitrogen and oxygen atoms in total. The van der Waals surface area contributed by atoms with Crippen LogP contribution >= 0.6 is 15.9 Å². The van der Waals surface area contributed by atoms with E-state index in [1.807, 2.05) is 0 Å². The predicted molar refractivity (Wildman–Crippen MR) is 120 cm³/mol. The lowest BCUT2D eigenvalue weighted by molar-refractivity contribution is 0.201. The average molecular weight is 461 g/mol. The summed E-state index contributed by atoms with van der Waals surface area (Å²) in [5, 5.41) is 12.9. The molecule has 2 fully saturated rings. The number of rotatable bonds is 5. The highest BCUT2D eigenvalue weighted by Gasteiger charge is 2.28. The topological polar surface area (TPSA) is 90.5 Å². The number of anilines is 3. The van der Waals surface area contributed by atoms with Crippen molar-refractivity contribution < 1.29 is 5.11 Å². The Hall–Kier alpha value is -1.90. The molecule has 0 bridgehead atoms. The van der Waals surface area contributed by atoms with Gasteiger partial charge in [-0.1, -0.05) is 29.8 Å². The number of nitrogens with two attached hydrogens (primary N) is 1. The first-order chi connectivity index (χ1) is 13.9. The second-order valence-corrected chi connectivity index (χ2v) is 9.13. The maximum atomic E-state index is 9.29. The molecule has 2 saturated heterocycles. The van der Waals surface area contributed by atoms with Gasteiger partial charge in [0.1, 0.15) is 5.82 Å². The molecule has 0 aliphatic carbocycles. The van der Waals surface area contributed by atoms with E-state index in [1.54, 1.807) is 0 Å². The van der Waals surface area contributed by atoms with Crippen LogP contribution in [0.2, 0.25) is 0 Å². The Morgan fingerprint density at radius 1 is 1.21 bits per heavy atom. The molecule has 0 amide bonds. The summed E-state index contributed by atoms with van der Waals surface area (Å²) in [7, 11) is 0. The molecule has 0 saturated carbocycles. The van der Waals surface area contributed by atoms with Gasteiger partial charge in [0.15, 0.2) is 0 Å². The summed E-state index contributed by atoms with van der Waals surface area (Å²) in [4.78, 5) is 13.5. The molecule has 29 heavy (non-hydrogen) atoms. The zero-order valence-electron chi connectivity index (χ0n) is 17.0. The van der Waals surface area contributed by atoms with E-state index in [0.717, 1.165) is 48.7 Å². The number of nitrogens with one attached hydrogen (secondary N) is 1. The van der Waals surface area contributed by atoms with E-state index in [0.29, 0.717) is 17.8 Å². The molecule has 156 valence electrons. The summed E-state index contributed by atoms with van der Waals surface area (Å²) in [6.07, 6.45) is 0. The van der Waals surface area contributed by atoms with E-state index < -0.39 is 0 Å². The quantitative estimate of drug-likeness (QED) is 0.631. The third-order valence-electron chi connectivity index (χ3n) is 5.78. The second kappa shape index (κ2) is 8.45.